The molecule has 1 fully saturated rings. The Kier molecular flexibility index (Phi) is 2.79. The van der Waals surface area contributed by atoms with E-state index in [-0.39, 0.29) is 5.54 Å². The van der Waals surface area contributed by atoms with Crippen LogP contribution in [-0.2, 0) is 18.4 Å². The highest BCUT2D eigenvalue weighted by atomic mass is 32.1. The second-order valence-electron chi connectivity index (χ2n) is 6.16. The lowest BCUT2D eigenvalue weighted by Crippen LogP contribution is -2.50. The predicted molar refractivity (Wildman–Crippen MR) is 72.2 cm³/mol. The van der Waals surface area contributed by atoms with Gasteiger partial charge in [-0.25, -0.2) is 4.98 Å². The van der Waals surface area contributed by atoms with Crippen LogP contribution in [0.1, 0.15) is 55.1 Å². The van der Waals surface area contributed by atoms with Gasteiger partial charge in [0.1, 0.15) is 5.01 Å². The first kappa shape index (κ1) is 11.7. The zero-order valence-electron chi connectivity index (χ0n) is 10.8. The summed E-state index contributed by atoms with van der Waals surface area (Å²) in [5.41, 5.74) is 7.78. The molecule has 0 radical (unpaired) electrons. The quantitative estimate of drug-likeness (QED) is 0.875. The maximum absolute atomic E-state index is 6.51. The van der Waals surface area contributed by atoms with Crippen molar-refractivity contribution in [3.05, 3.63) is 15.6 Å². The van der Waals surface area contributed by atoms with Crippen molar-refractivity contribution in [2.24, 2.45) is 17.6 Å². The minimum atomic E-state index is -0.0864. The van der Waals surface area contributed by atoms with Gasteiger partial charge in [-0.15, -0.1) is 11.3 Å². The molecule has 2 nitrogen and oxygen atoms in total. The van der Waals surface area contributed by atoms with Gasteiger partial charge in [-0.3, -0.25) is 0 Å². The highest BCUT2D eigenvalue weighted by Gasteiger charge is 2.45. The lowest BCUT2D eigenvalue weighted by atomic mass is 9.65. The molecular weight excluding hydrogens is 228 g/mol. The van der Waals surface area contributed by atoms with Crippen LogP contribution in [0, 0.1) is 11.8 Å². The van der Waals surface area contributed by atoms with Crippen molar-refractivity contribution in [1.29, 1.82) is 0 Å². The van der Waals surface area contributed by atoms with Crippen molar-refractivity contribution in [2.75, 3.05) is 0 Å². The van der Waals surface area contributed by atoms with E-state index in [4.69, 9.17) is 10.7 Å². The third kappa shape index (κ3) is 1.93. The second kappa shape index (κ2) is 4.06. The van der Waals surface area contributed by atoms with Gasteiger partial charge in [0.05, 0.1) is 11.2 Å². The number of aryl methyl sites for hydroxylation is 2. The molecule has 1 aromatic rings. The van der Waals surface area contributed by atoms with Crippen LogP contribution >= 0.6 is 11.3 Å². The number of rotatable bonds is 2. The van der Waals surface area contributed by atoms with Crippen molar-refractivity contribution in [1.82, 2.24) is 4.98 Å². The highest BCUT2D eigenvalue weighted by Crippen LogP contribution is 2.48. The Bertz CT molecular complexity index is 392. The molecule has 3 rings (SSSR count). The molecule has 0 aliphatic heterocycles. The van der Waals surface area contributed by atoms with Gasteiger partial charge < -0.3 is 5.73 Å². The van der Waals surface area contributed by atoms with Gasteiger partial charge in [0.15, 0.2) is 0 Å². The van der Waals surface area contributed by atoms with E-state index in [1.54, 1.807) is 0 Å². The van der Waals surface area contributed by atoms with Gasteiger partial charge in [0.2, 0.25) is 0 Å². The molecule has 0 bridgehead atoms. The summed E-state index contributed by atoms with van der Waals surface area (Å²) in [7, 11) is 0. The van der Waals surface area contributed by atoms with Gasteiger partial charge in [0.25, 0.3) is 0 Å². The summed E-state index contributed by atoms with van der Waals surface area (Å²) in [5, 5.41) is 1.22. The van der Waals surface area contributed by atoms with Crippen LogP contribution in [0.15, 0.2) is 0 Å². The van der Waals surface area contributed by atoms with Gasteiger partial charge in [0, 0.05) is 4.88 Å². The maximum atomic E-state index is 6.51. The van der Waals surface area contributed by atoms with Gasteiger partial charge in [-0.1, -0.05) is 13.8 Å². The van der Waals surface area contributed by atoms with E-state index in [1.165, 1.54) is 41.3 Å². The zero-order valence-corrected chi connectivity index (χ0v) is 11.6. The van der Waals surface area contributed by atoms with Crippen LogP contribution in [0.3, 0.4) is 0 Å². The standard InChI is InChI=1S/C14H22N2S/c1-9(2)10-7-14(15,8-10)13-16-11-5-3-4-6-12(11)17-13/h9-10H,3-8,15H2,1-2H3. The van der Waals surface area contributed by atoms with E-state index in [1.807, 2.05) is 11.3 Å². The largest absolute Gasteiger partial charge is 0.319 e. The Morgan fingerprint density at radius 2 is 2.00 bits per heavy atom. The molecule has 0 atom stereocenters. The normalized spacial score (nSPS) is 32.4. The van der Waals surface area contributed by atoms with Gasteiger partial charge >= 0.3 is 0 Å². The van der Waals surface area contributed by atoms with Crippen LogP contribution in [-0.4, -0.2) is 4.98 Å². The number of hydrogen-bond donors (Lipinski definition) is 1. The first-order valence-electron chi connectivity index (χ1n) is 6.86. The lowest BCUT2D eigenvalue weighted by Gasteiger charge is -2.45. The monoisotopic (exact) mass is 250 g/mol. The third-order valence-electron chi connectivity index (χ3n) is 4.47. The van der Waals surface area contributed by atoms with E-state index in [9.17, 15) is 0 Å². The van der Waals surface area contributed by atoms with Crippen molar-refractivity contribution in [3.63, 3.8) is 0 Å². The van der Waals surface area contributed by atoms with E-state index in [0.29, 0.717) is 0 Å². The molecule has 3 heteroatoms. The van der Waals surface area contributed by atoms with Crippen molar-refractivity contribution in [2.45, 2.75) is 57.9 Å². The van der Waals surface area contributed by atoms with Crippen LogP contribution < -0.4 is 5.73 Å². The summed E-state index contributed by atoms with van der Waals surface area (Å²) in [5.74, 6) is 1.57. The number of aromatic nitrogens is 1. The molecule has 0 amide bonds. The first-order chi connectivity index (χ1) is 8.08. The Morgan fingerprint density at radius 3 is 2.65 bits per heavy atom. The number of thiazole rings is 1. The van der Waals surface area contributed by atoms with Gasteiger partial charge in [-0.05, 0) is 50.4 Å². The number of hydrogen-bond acceptors (Lipinski definition) is 3. The Hall–Kier alpha value is -0.410. The Morgan fingerprint density at radius 1 is 1.29 bits per heavy atom. The van der Waals surface area contributed by atoms with Crippen LogP contribution in [0.5, 0.6) is 0 Å². The third-order valence-corrected chi connectivity index (χ3v) is 5.84. The van der Waals surface area contributed by atoms with Crippen LogP contribution in [0.25, 0.3) is 0 Å². The fourth-order valence-electron chi connectivity index (χ4n) is 3.09. The fourth-order valence-corrected chi connectivity index (χ4v) is 4.36. The SMILES string of the molecule is CC(C)C1CC(N)(c2nc3c(s2)CCCC3)C1. The summed E-state index contributed by atoms with van der Waals surface area (Å²) in [6.07, 6.45) is 7.32. The molecule has 2 aliphatic rings. The fraction of sp³-hybridized carbons (Fsp3) is 0.786. The van der Waals surface area contributed by atoms with E-state index in [0.717, 1.165) is 24.7 Å². The molecule has 2 N–H and O–H groups in total. The van der Waals surface area contributed by atoms with Crippen molar-refractivity contribution >= 4 is 11.3 Å². The van der Waals surface area contributed by atoms with E-state index >= 15 is 0 Å². The number of nitrogens with zero attached hydrogens (tertiary/aromatic N) is 1. The maximum Gasteiger partial charge on any atom is 0.113 e. The lowest BCUT2D eigenvalue weighted by molar-refractivity contribution is 0.104. The minimum absolute atomic E-state index is 0.0864. The molecule has 1 aromatic heterocycles. The average molecular weight is 250 g/mol. The number of fused-ring (bicyclic) bond motifs is 1. The summed E-state index contributed by atoms with van der Waals surface area (Å²) in [6, 6.07) is 0. The molecular formula is C14H22N2S. The number of nitrogens with two attached hydrogens (primary N) is 1. The summed E-state index contributed by atoms with van der Waals surface area (Å²) >= 11 is 1.90. The second-order valence-corrected chi connectivity index (χ2v) is 7.25. The molecule has 17 heavy (non-hydrogen) atoms. The Labute approximate surface area is 108 Å². The van der Waals surface area contributed by atoms with Crippen LogP contribution in [0.2, 0.25) is 0 Å². The molecule has 0 saturated heterocycles. The van der Waals surface area contributed by atoms with Gasteiger partial charge in [-0.2, -0.15) is 0 Å². The first-order valence-corrected chi connectivity index (χ1v) is 7.68. The molecule has 0 aromatic carbocycles. The smallest absolute Gasteiger partial charge is 0.113 e. The minimum Gasteiger partial charge on any atom is -0.319 e. The molecule has 1 heterocycles. The molecule has 0 spiro atoms. The molecule has 94 valence electrons. The summed E-state index contributed by atoms with van der Waals surface area (Å²) in [4.78, 5) is 6.35. The van der Waals surface area contributed by atoms with Crippen molar-refractivity contribution in [3.8, 4) is 0 Å². The zero-order chi connectivity index (χ0) is 12.0. The summed E-state index contributed by atoms with van der Waals surface area (Å²) in [6.45, 7) is 4.61. The summed E-state index contributed by atoms with van der Waals surface area (Å²) < 4.78 is 0. The predicted octanol–water partition coefficient (Wildman–Crippen LogP) is 3.24. The van der Waals surface area contributed by atoms with E-state index < -0.39 is 0 Å². The molecule has 0 unspecified atom stereocenters. The Balaban J connectivity index is 1.79. The molecule has 2 aliphatic carbocycles. The van der Waals surface area contributed by atoms with Crippen LogP contribution in [0.4, 0.5) is 0 Å². The average Bonchev–Trinajstić information content (AvgIpc) is 2.68. The highest BCUT2D eigenvalue weighted by molar-refractivity contribution is 7.11. The molecule has 1 saturated carbocycles. The van der Waals surface area contributed by atoms with Crippen molar-refractivity contribution < 1.29 is 0 Å². The van der Waals surface area contributed by atoms with E-state index in [2.05, 4.69) is 13.8 Å². The topological polar surface area (TPSA) is 38.9 Å².